The first-order valence-corrected chi connectivity index (χ1v) is 10.8. The lowest BCUT2D eigenvalue weighted by atomic mass is 9.77. The molecule has 4 nitrogen and oxygen atoms in total. The van der Waals surface area contributed by atoms with Crippen molar-refractivity contribution in [2.24, 2.45) is 0 Å². The van der Waals surface area contributed by atoms with Gasteiger partial charge in [-0.1, -0.05) is 72.3 Å². The second-order valence-electron chi connectivity index (χ2n) is 8.57. The number of hydrogen-bond acceptors (Lipinski definition) is 3. The third kappa shape index (κ3) is 2.90. The lowest BCUT2D eigenvalue weighted by Gasteiger charge is -2.36. The molecule has 0 bridgehead atoms. The average Bonchev–Trinajstić information content (AvgIpc) is 3.16. The van der Waals surface area contributed by atoms with Gasteiger partial charge in [0.15, 0.2) is 5.78 Å². The van der Waals surface area contributed by atoms with Crippen molar-refractivity contribution in [2.75, 3.05) is 5.32 Å². The Kier molecular flexibility index (Phi) is 4.06. The number of ketones is 1. The molecule has 0 saturated heterocycles. The number of para-hydroxylation sites is 2. The minimum atomic E-state index is -0.164. The number of carbonyl (C=O) groups is 1. The van der Waals surface area contributed by atoms with Gasteiger partial charge >= 0.3 is 0 Å². The number of allylic oxidation sites excluding steroid dienone is 2. The normalized spacial score (nSPS) is 20.4. The number of aryl methyl sites for hydroxylation is 1. The van der Waals surface area contributed by atoms with Crippen molar-refractivity contribution >= 4 is 22.8 Å². The van der Waals surface area contributed by atoms with Crippen molar-refractivity contribution in [3.05, 3.63) is 107 Å². The molecular formula is C27H23N3O. The molecule has 6 rings (SSSR count). The zero-order valence-corrected chi connectivity index (χ0v) is 17.4. The highest BCUT2D eigenvalue weighted by Gasteiger charge is 2.39. The van der Waals surface area contributed by atoms with Gasteiger partial charge in [0.1, 0.15) is 0 Å². The van der Waals surface area contributed by atoms with Gasteiger partial charge in [-0.15, -0.1) is 0 Å². The number of carbonyl (C=O) groups excluding carboxylic acids is 1. The molecule has 4 aromatic rings. The van der Waals surface area contributed by atoms with Gasteiger partial charge in [-0.05, 0) is 42.5 Å². The third-order valence-corrected chi connectivity index (χ3v) is 6.53. The van der Waals surface area contributed by atoms with E-state index in [0.29, 0.717) is 6.42 Å². The fraction of sp³-hybridized carbons (Fsp3) is 0.185. The summed E-state index contributed by atoms with van der Waals surface area (Å²) in [7, 11) is 0. The quantitative estimate of drug-likeness (QED) is 0.461. The molecule has 0 fully saturated rings. The monoisotopic (exact) mass is 405 g/mol. The smallest absolute Gasteiger partial charge is 0.209 e. The number of aromatic nitrogens is 2. The third-order valence-electron chi connectivity index (χ3n) is 6.53. The topological polar surface area (TPSA) is 46.9 Å². The highest BCUT2D eigenvalue weighted by molar-refractivity contribution is 6.01. The van der Waals surface area contributed by atoms with Crippen LogP contribution < -0.4 is 5.32 Å². The van der Waals surface area contributed by atoms with Crippen molar-refractivity contribution in [3.8, 4) is 0 Å². The number of imidazole rings is 1. The van der Waals surface area contributed by atoms with Crippen LogP contribution >= 0.6 is 0 Å². The Morgan fingerprint density at radius 1 is 0.903 bits per heavy atom. The molecule has 0 spiro atoms. The number of rotatable bonds is 2. The maximum atomic E-state index is 13.6. The number of nitrogens with zero attached hydrogens (tertiary/aromatic N) is 2. The number of hydrogen-bond donors (Lipinski definition) is 1. The van der Waals surface area contributed by atoms with Crippen LogP contribution in [0, 0.1) is 6.92 Å². The minimum absolute atomic E-state index is 0.164. The molecule has 0 radical (unpaired) electrons. The van der Waals surface area contributed by atoms with Crippen molar-refractivity contribution in [1.29, 1.82) is 0 Å². The van der Waals surface area contributed by atoms with Crippen LogP contribution in [0.15, 0.2) is 90.1 Å². The zero-order valence-electron chi connectivity index (χ0n) is 17.4. The second-order valence-corrected chi connectivity index (χ2v) is 8.57. The number of nitrogens with one attached hydrogen (secondary N) is 1. The molecule has 4 heteroatoms. The molecule has 2 heterocycles. The molecule has 1 aliphatic heterocycles. The van der Waals surface area contributed by atoms with E-state index in [1.54, 1.807) is 0 Å². The largest absolute Gasteiger partial charge is 0.329 e. The van der Waals surface area contributed by atoms with Crippen molar-refractivity contribution in [1.82, 2.24) is 9.55 Å². The molecule has 2 atom stereocenters. The summed E-state index contributed by atoms with van der Waals surface area (Å²) in [6.45, 7) is 2.10. The van der Waals surface area contributed by atoms with Gasteiger partial charge in [-0.2, -0.15) is 0 Å². The summed E-state index contributed by atoms with van der Waals surface area (Å²) in [6.07, 6.45) is 1.35. The van der Waals surface area contributed by atoms with Crippen LogP contribution in [0.3, 0.4) is 0 Å². The average molecular weight is 406 g/mol. The molecule has 2 aliphatic rings. The van der Waals surface area contributed by atoms with Gasteiger partial charge in [-0.25, -0.2) is 4.98 Å². The fourth-order valence-electron chi connectivity index (χ4n) is 5.14. The molecule has 1 aliphatic carbocycles. The van der Waals surface area contributed by atoms with Gasteiger partial charge in [0.25, 0.3) is 0 Å². The molecule has 1 aromatic heterocycles. The van der Waals surface area contributed by atoms with Crippen LogP contribution in [0.5, 0.6) is 0 Å². The minimum Gasteiger partial charge on any atom is -0.329 e. The molecule has 0 amide bonds. The van der Waals surface area contributed by atoms with E-state index in [1.165, 1.54) is 11.1 Å². The van der Waals surface area contributed by atoms with Crippen LogP contribution in [0.25, 0.3) is 11.0 Å². The van der Waals surface area contributed by atoms with Crippen molar-refractivity contribution in [2.45, 2.75) is 31.7 Å². The number of Topliss-reactive ketones (excluding diaryl/α,β-unsaturated/α-hetero) is 1. The predicted octanol–water partition coefficient (Wildman–Crippen LogP) is 5.76. The summed E-state index contributed by atoms with van der Waals surface area (Å²) in [6, 6.07) is 26.8. The van der Waals surface area contributed by atoms with E-state index >= 15 is 0 Å². The fourth-order valence-corrected chi connectivity index (χ4v) is 5.14. The molecule has 0 saturated carbocycles. The Morgan fingerprint density at radius 2 is 1.68 bits per heavy atom. The molecule has 31 heavy (non-hydrogen) atoms. The summed E-state index contributed by atoms with van der Waals surface area (Å²) < 4.78 is 2.20. The Labute approximate surface area is 181 Å². The van der Waals surface area contributed by atoms with Gasteiger partial charge in [0, 0.05) is 17.7 Å². The molecular weight excluding hydrogens is 382 g/mol. The van der Waals surface area contributed by atoms with E-state index in [9.17, 15) is 4.79 Å². The number of anilines is 1. The number of fused-ring (bicyclic) bond motifs is 3. The SMILES string of the molecule is Cc1cccc(C2C3=C(CC(c4ccccc4)CC3=O)Nc3nc4ccccc4n32)c1. The summed E-state index contributed by atoms with van der Waals surface area (Å²) >= 11 is 0. The van der Waals surface area contributed by atoms with Crippen LogP contribution in [-0.4, -0.2) is 15.3 Å². The van der Waals surface area contributed by atoms with Crippen LogP contribution in [0.4, 0.5) is 5.95 Å². The first kappa shape index (κ1) is 18.1. The van der Waals surface area contributed by atoms with E-state index in [0.717, 1.165) is 40.2 Å². The lowest BCUT2D eigenvalue weighted by molar-refractivity contribution is -0.116. The highest BCUT2D eigenvalue weighted by Crippen LogP contribution is 2.45. The van der Waals surface area contributed by atoms with Crippen molar-refractivity contribution in [3.63, 3.8) is 0 Å². The highest BCUT2D eigenvalue weighted by atomic mass is 16.1. The van der Waals surface area contributed by atoms with Crippen LogP contribution in [-0.2, 0) is 4.79 Å². The van der Waals surface area contributed by atoms with Gasteiger partial charge in [-0.3, -0.25) is 9.36 Å². The predicted molar refractivity (Wildman–Crippen MR) is 123 cm³/mol. The Bertz CT molecular complexity index is 1350. The van der Waals surface area contributed by atoms with E-state index in [2.05, 4.69) is 59.3 Å². The summed E-state index contributed by atoms with van der Waals surface area (Å²) in [4.78, 5) is 18.5. The maximum absolute atomic E-state index is 13.6. The Hall–Kier alpha value is -3.66. The van der Waals surface area contributed by atoms with E-state index in [4.69, 9.17) is 4.98 Å². The summed E-state index contributed by atoms with van der Waals surface area (Å²) in [5.41, 5.74) is 7.42. The lowest BCUT2D eigenvalue weighted by Crippen LogP contribution is -2.33. The van der Waals surface area contributed by atoms with Gasteiger partial charge < -0.3 is 5.32 Å². The van der Waals surface area contributed by atoms with Crippen LogP contribution in [0.2, 0.25) is 0 Å². The van der Waals surface area contributed by atoms with Gasteiger partial charge in [0.2, 0.25) is 5.95 Å². The molecule has 152 valence electrons. The zero-order chi connectivity index (χ0) is 20.9. The standard InChI is InChI=1S/C27H23N3O/c1-17-8-7-11-19(14-17)26-25-22(15-20(16-24(25)31)18-9-3-2-4-10-18)29-27-28-21-12-5-6-13-23(21)30(26)27/h2-14,20,26H,15-16H2,1H3,(H,28,29). The van der Waals surface area contributed by atoms with E-state index in [1.807, 2.05) is 36.4 Å². The first-order chi connectivity index (χ1) is 15.2. The Balaban J connectivity index is 1.55. The first-order valence-electron chi connectivity index (χ1n) is 10.8. The second kappa shape index (κ2) is 6.95. The van der Waals surface area contributed by atoms with Crippen molar-refractivity contribution < 1.29 is 4.79 Å². The molecule has 2 unspecified atom stereocenters. The Morgan fingerprint density at radius 3 is 2.52 bits per heavy atom. The van der Waals surface area contributed by atoms with E-state index < -0.39 is 0 Å². The molecule has 1 N–H and O–H groups in total. The summed E-state index contributed by atoms with van der Waals surface area (Å²) in [5.74, 6) is 1.22. The van der Waals surface area contributed by atoms with Gasteiger partial charge in [0.05, 0.1) is 17.1 Å². The maximum Gasteiger partial charge on any atom is 0.209 e. The van der Waals surface area contributed by atoms with E-state index in [-0.39, 0.29) is 17.7 Å². The number of benzene rings is 3. The molecule has 3 aromatic carbocycles. The summed E-state index contributed by atoms with van der Waals surface area (Å²) in [5, 5.41) is 3.54. The van der Waals surface area contributed by atoms with Crippen LogP contribution in [0.1, 0.15) is 41.5 Å².